The molecule has 2 rings (SSSR count). The topological polar surface area (TPSA) is 20.3 Å². The normalized spacial score (nSPS) is 28.2. The van der Waals surface area contributed by atoms with Gasteiger partial charge >= 0.3 is 0 Å². The molecule has 2 fully saturated rings. The van der Waals surface area contributed by atoms with E-state index in [4.69, 9.17) is 0 Å². The summed E-state index contributed by atoms with van der Waals surface area (Å²) in [6.07, 6.45) is -1.04. The number of carbonyl (C=O) groups is 1. The maximum atomic E-state index is 13.1. The number of hydrogen-bond donors (Lipinski definition) is 0. The number of halogens is 3. The Hall–Kier alpha value is -0.740. The molecule has 0 spiro atoms. The third-order valence-electron chi connectivity index (χ3n) is 4.25. The molecule has 0 radical (unpaired) electrons. The number of nitrogens with zero attached hydrogens (tertiary/aromatic N) is 1. The first-order valence-electron chi connectivity index (χ1n) is 6.12. The quantitative estimate of drug-likeness (QED) is 0.753. The van der Waals surface area contributed by atoms with E-state index in [0.717, 1.165) is 0 Å². The van der Waals surface area contributed by atoms with E-state index >= 15 is 0 Å². The van der Waals surface area contributed by atoms with Crippen LogP contribution in [0.1, 0.15) is 33.1 Å². The van der Waals surface area contributed by atoms with Gasteiger partial charge in [-0.15, -0.1) is 0 Å². The van der Waals surface area contributed by atoms with Crippen LogP contribution >= 0.6 is 0 Å². The molecule has 1 amide bonds. The van der Waals surface area contributed by atoms with Gasteiger partial charge in [0.05, 0.1) is 18.5 Å². The Labute approximate surface area is 99.2 Å². The van der Waals surface area contributed by atoms with Gasteiger partial charge in [0.25, 0.3) is 0 Å². The van der Waals surface area contributed by atoms with Crippen LogP contribution < -0.4 is 0 Å². The summed E-state index contributed by atoms with van der Waals surface area (Å²) in [5.74, 6) is -3.07. The Morgan fingerprint density at radius 2 is 1.94 bits per heavy atom. The molecule has 1 atom stereocenters. The molecule has 1 aliphatic carbocycles. The first-order valence-corrected chi connectivity index (χ1v) is 6.12. The highest BCUT2D eigenvalue weighted by molar-refractivity contribution is 5.85. The summed E-state index contributed by atoms with van der Waals surface area (Å²) in [6.45, 7) is 3.87. The molecule has 17 heavy (non-hydrogen) atoms. The van der Waals surface area contributed by atoms with Gasteiger partial charge in [0.1, 0.15) is 6.17 Å². The summed E-state index contributed by atoms with van der Waals surface area (Å²) in [7, 11) is 0. The maximum absolute atomic E-state index is 13.1. The lowest BCUT2D eigenvalue weighted by molar-refractivity contribution is -0.204. The van der Waals surface area contributed by atoms with Crippen molar-refractivity contribution < 1.29 is 18.0 Å². The van der Waals surface area contributed by atoms with Gasteiger partial charge in [-0.2, -0.15) is 0 Å². The van der Waals surface area contributed by atoms with E-state index in [2.05, 4.69) is 0 Å². The van der Waals surface area contributed by atoms with E-state index in [1.54, 1.807) is 0 Å². The van der Waals surface area contributed by atoms with Crippen molar-refractivity contribution in [3.05, 3.63) is 0 Å². The molecule has 1 unspecified atom stereocenters. The minimum Gasteiger partial charge on any atom is -0.336 e. The molecule has 0 aromatic carbocycles. The summed E-state index contributed by atoms with van der Waals surface area (Å²) in [4.78, 5) is 13.6. The second-order valence-corrected chi connectivity index (χ2v) is 5.48. The molecule has 0 aromatic rings. The zero-order chi connectivity index (χ0) is 12.8. The monoisotopic (exact) mass is 249 g/mol. The van der Waals surface area contributed by atoms with Crippen LogP contribution in [0.15, 0.2) is 0 Å². The lowest BCUT2D eigenvalue weighted by Gasteiger charge is -2.53. The summed E-state index contributed by atoms with van der Waals surface area (Å²) in [5.41, 5.74) is -0.946. The predicted molar refractivity (Wildman–Crippen MR) is 57.5 cm³/mol. The van der Waals surface area contributed by atoms with E-state index in [-0.39, 0.29) is 37.8 Å². The highest BCUT2D eigenvalue weighted by Crippen LogP contribution is 2.58. The lowest BCUT2D eigenvalue weighted by atomic mass is 9.57. The Bertz CT molecular complexity index is 318. The SMILES string of the molecule is CCC(C)C1(C(=O)N2CC(F)C2)CC(F)(F)C1. The van der Waals surface area contributed by atoms with Crippen molar-refractivity contribution in [2.24, 2.45) is 11.3 Å². The lowest BCUT2D eigenvalue weighted by Crippen LogP contribution is -2.63. The largest absolute Gasteiger partial charge is 0.336 e. The van der Waals surface area contributed by atoms with Crippen molar-refractivity contribution in [1.82, 2.24) is 4.90 Å². The summed E-state index contributed by atoms with van der Waals surface area (Å²) < 4.78 is 38.9. The van der Waals surface area contributed by atoms with Crippen LogP contribution in [-0.2, 0) is 4.79 Å². The van der Waals surface area contributed by atoms with Crippen molar-refractivity contribution in [2.75, 3.05) is 13.1 Å². The molecule has 1 heterocycles. The van der Waals surface area contributed by atoms with Gasteiger partial charge in [0.15, 0.2) is 0 Å². The third-order valence-corrected chi connectivity index (χ3v) is 4.25. The van der Waals surface area contributed by atoms with Crippen LogP contribution in [0.25, 0.3) is 0 Å². The fraction of sp³-hybridized carbons (Fsp3) is 0.917. The Morgan fingerprint density at radius 3 is 2.29 bits per heavy atom. The summed E-state index contributed by atoms with van der Waals surface area (Å²) in [6, 6.07) is 0. The number of alkyl halides is 3. The molecule has 1 aliphatic heterocycles. The van der Waals surface area contributed by atoms with Crippen LogP contribution in [-0.4, -0.2) is 36.0 Å². The molecule has 2 nitrogen and oxygen atoms in total. The van der Waals surface area contributed by atoms with Crippen LogP contribution in [0, 0.1) is 11.3 Å². The molecule has 98 valence electrons. The summed E-state index contributed by atoms with van der Waals surface area (Å²) in [5, 5.41) is 0. The third kappa shape index (κ3) is 1.93. The van der Waals surface area contributed by atoms with Gasteiger partial charge in [0.2, 0.25) is 11.8 Å². The average molecular weight is 249 g/mol. The number of hydrogen-bond acceptors (Lipinski definition) is 1. The average Bonchev–Trinajstić information content (AvgIpc) is 2.18. The first kappa shape index (κ1) is 12.7. The Kier molecular flexibility index (Phi) is 2.91. The minimum atomic E-state index is -2.72. The molecule has 0 N–H and O–H groups in total. The molecule has 0 aromatic heterocycles. The van der Waals surface area contributed by atoms with Crippen molar-refractivity contribution in [2.45, 2.75) is 45.2 Å². The minimum absolute atomic E-state index is 0.0720. The number of likely N-dealkylation sites (tertiary alicyclic amines) is 1. The standard InChI is InChI=1S/C12H18F3NO/c1-3-8(2)11(6-12(14,15)7-11)10(17)16-4-9(13)5-16/h8-9H,3-7H2,1-2H3. The maximum Gasteiger partial charge on any atom is 0.250 e. The van der Waals surface area contributed by atoms with Gasteiger partial charge in [-0.25, -0.2) is 13.2 Å². The van der Waals surface area contributed by atoms with Crippen molar-refractivity contribution in [3.8, 4) is 0 Å². The molecule has 5 heteroatoms. The molecule has 1 saturated carbocycles. The highest BCUT2D eigenvalue weighted by atomic mass is 19.3. The van der Waals surface area contributed by atoms with E-state index in [1.165, 1.54) is 4.90 Å². The number of amides is 1. The van der Waals surface area contributed by atoms with Gasteiger partial charge in [-0.1, -0.05) is 20.3 Å². The van der Waals surface area contributed by atoms with Gasteiger partial charge in [-0.3, -0.25) is 4.79 Å². The predicted octanol–water partition coefficient (Wildman–Crippen LogP) is 2.63. The zero-order valence-corrected chi connectivity index (χ0v) is 10.2. The highest BCUT2D eigenvalue weighted by Gasteiger charge is 2.64. The van der Waals surface area contributed by atoms with Crippen LogP contribution in [0.2, 0.25) is 0 Å². The van der Waals surface area contributed by atoms with Crippen molar-refractivity contribution >= 4 is 5.91 Å². The molecular formula is C12H18F3NO. The van der Waals surface area contributed by atoms with Crippen LogP contribution in [0.5, 0.6) is 0 Å². The van der Waals surface area contributed by atoms with Crippen LogP contribution in [0.4, 0.5) is 13.2 Å². The molecule has 1 saturated heterocycles. The van der Waals surface area contributed by atoms with Gasteiger partial charge < -0.3 is 4.90 Å². The van der Waals surface area contributed by atoms with Crippen LogP contribution in [0.3, 0.4) is 0 Å². The van der Waals surface area contributed by atoms with E-state index < -0.39 is 17.5 Å². The van der Waals surface area contributed by atoms with E-state index in [1.807, 2.05) is 13.8 Å². The Morgan fingerprint density at radius 1 is 1.41 bits per heavy atom. The smallest absolute Gasteiger partial charge is 0.250 e. The fourth-order valence-corrected chi connectivity index (χ4v) is 2.88. The van der Waals surface area contributed by atoms with E-state index in [0.29, 0.717) is 6.42 Å². The Balaban J connectivity index is 2.10. The van der Waals surface area contributed by atoms with Crippen molar-refractivity contribution in [3.63, 3.8) is 0 Å². The first-order chi connectivity index (χ1) is 7.81. The van der Waals surface area contributed by atoms with Gasteiger partial charge in [-0.05, 0) is 5.92 Å². The fourth-order valence-electron chi connectivity index (χ4n) is 2.88. The number of carbonyl (C=O) groups excluding carboxylic acids is 1. The van der Waals surface area contributed by atoms with Crippen molar-refractivity contribution in [1.29, 1.82) is 0 Å². The van der Waals surface area contributed by atoms with E-state index in [9.17, 15) is 18.0 Å². The summed E-state index contributed by atoms with van der Waals surface area (Å²) >= 11 is 0. The van der Waals surface area contributed by atoms with Gasteiger partial charge in [0, 0.05) is 12.8 Å². The molecule has 2 aliphatic rings. The second-order valence-electron chi connectivity index (χ2n) is 5.48. The molecular weight excluding hydrogens is 231 g/mol. The number of rotatable bonds is 3. The zero-order valence-electron chi connectivity index (χ0n) is 10.2. The second kappa shape index (κ2) is 3.89. The molecule has 0 bridgehead atoms.